The maximum Gasteiger partial charge on any atom is 0.269 e. The summed E-state index contributed by atoms with van der Waals surface area (Å²) in [5.74, 6) is -3.72. The summed E-state index contributed by atoms with van der Waals surface area (Å²) in [5, 5.41) is 6.17. The third kappa shape index (κ3) is 5.40. The normalized spacial score (nSPS) is 12.2. The van der Waals surface area contributed by atoms with Gasteiger partial charge < -0.3 is 9.88 Å². The predicted molar refractivity (Wildman–Crippen MR) is 138 cm³/mol. The van der Waals surface area contributed by atoms with Crippen LogP contribution >= 0.6 is 0 Å². The summed E-state index contributed by atoms with van der Waals surface area (Å²) >= 11 is 0. The van der Waals surface area contributed by atoms with Gasteiger partial charge in [-0.05, 0) is 23.8 Å². The number of rotatable bonds is 9. The molecule has 198 valence electrons. The molecule has 0 radical (unpaired) electrons. The number of fused-ring (bicyclic) bond motifs is 1. The van der Waals surface area contributed by atoms with E-state index in [2.05, 4.69) is 22.0 Å². The van der Waals surface area contributed by atoms with Crippen molar-refractivity contribution in [3.63, 3.8) is 0 Å². The molecule has 0 saturated carbocycles. The molecule has 2 heterocycles. The Bertz CT molecular complexity index is 1690. The summed E-state index contributed by atoms with van der Waals surface area (Å²) in [5.41, 5.74) is 1.46. The van der Waals surface area contributed by atoms with Gasteiger partial charge in [-0.15, -0.1) is 0 Å². The van der Waals surface area contributed by atoms with Crippen molar-refractivity contribution in [2.45, 2.75) is 11.4 Å². The Balaban J connectivity index is 1.67. The molecule has 0 fully saturated rings. The molecular weight excluding hydrogens is 519 g/mol. The lowest BCUT2D eigenvalue weighted by Crippen LogP contribution is -2.33. The number of carbonyl (C=O) groups is 1. The van der Waals surface area contributed by atoms with Crippen molar-refractivity contribution in [3.8, 4) is 11.1 Å². The van der Waals surface area contributed by atoms with Gasteiger partial charge in [0.2, 0.25) is 0 Å². The van der Waals surface area contributed by atoms with Gasteiger partial charge in [-0.1, -0.05) is 18.7 Å². The molecule has 4 aromatic rings. The third-order valence-corrected chi connectivity index (χ3v) is 7.67. The highest BCUT2D eigenvalue weighted by Crippen LogP contribution is 2.31. The van der Waals surface area contributed by atoms with Crippen molar-refractivity contribution in [2.24, 2.45) is 12.0 Å². The predicted octanol–water partition coefficient (Wildman–Crippen LogP) is 3.65. The van der Waals surface area contributed by atoms with Gasteiger partial charge in [0.15, 0.2) is 9.84 Å². The highest BCUT2D eigenvalue weighted by atomic mass is 32.2. The van der Waals surface area contributed by atoms with Crippen LogP contribution in [-0.2, 0) is 28.2 Å². The molecule has 2 aromatic heterocycles. The number of halogens is 3. The minimum atomic E-state index is -4.15. The molecule has 1 amide bonds. The Morgan fingerprint density at radius 3 is 2.53 bits per heavy atom. The van der Waals surface area contributed by atoms with Gasteiger partial charge >= 0.3 is 0 Å². The number of aliphatic imine (C=N–C) groups is 1. The molecule has 0 spiro atoms. The number of hydrogen-bond donors (Lipinski definition) is 1. The highest BCUT2D eigenvalue weighted by Gasteiger charge is 2.25. The van der Waals surface area contributed by atoms with Crippen molar-refractivity contribution in [1.82, 2.24) is 19.7 Å². The number of sulfone groups is 1. The molecule has 38 heavy (non-hydrogen) atoms. The SMILES string of the molecule is C=CC(=NC)C(=O)NCCS(=O)(=O)c1cn(Cc2ccc(-c3cnn(C)c3)cc2F)c2cc(F)cc(F)c12. The van der Waals surface area contributed by atoms with Gasteiger partial charge in [-0.25, -0.2) is 21.6 Å². The van der Waals surface area contributed by atoms with Crippen LogP contribution < -0.4 is 5.32 Å². The van der Waals surface area contributed by atoms with Gasteiger partial charge in [-0.2, -0.15) is 5.10 Å². The monoisotopic (exact) mass is 543 g/mol. The smallest absolute Gasteiger partial charge is 0.269 e. The van der Waals surface area contributed by atoms with E-state index in [0.717, 1.165) is 12.3 Å². The Morgan fingerprint density at radius 1 is 1.13 bits per heavy atom. The van der Waals surface area contributed by atoms with Crippen molar-refractivity contribution in [1.29, 1.82) is 0 Å². The van der Waals surface area contributed by atoms with Crippen LogP contribution in [0.4, 0.5) is 13.2 Å². The largest absolute Gasteiger partial charge is 0.350 e. The summed E-state index contributed by atoms with van der Waals surface area (Å²) in [6.07, 6.45) is 5.70. The highest BCUT2D eigenvalue weighted by molar-refractivity contribution is 7.91. The summed E-state index contributed by atoms with van der Waals surface area (Å²) < 4.78 is 73.2. The molecule has 0 aliphatic rings. The van der Waals surface area contributed by atoms with Crippen molar-refractivity contribution in [3.05, 3.63) is 84.6 Å². The lowest BCUT2D eigenvalue weighted by Gasteiger charge is -2.08. The molecule has 0 aliphatic carbocycles. The van der Waals surface area contributed by atoms with Gasteiger partial charge in [0.1, 0.15) is 23.2 Å². The van der Waals surface area contributed by atoms with E-state index in [1.807, 2.05) is 0 Å². The minimum Gasteiger partial charge on any atom is -0.350 e. The molecule has 0 aliphatic heterocycles. The van der Waals surface area contributed by atoms with Gasteiger partial charge in [-0.3, -0.25) is 14.5 Å². The number of nitrogens with zero attached hydrogens (tertiary/aromatic N) is 4. The van der Waals surface area contributed by atoms with Crippen LogP contribution in [-0.4, -0.2) is 53.7 Å². The van der Waals surface area contributed by atoms with Crippen molar-refractivity contribution in [2.75, 3.05) is 19.3 Å². The Kier molecular flexibility index (Phi) is 7.53. The standard InChI is InChI=1S/C26H24F3N5O3S/c1-4-22(30-2)26(35)31-7-8-38(36,37)24-15-34(23-11-19(27)10-21(29)25(23)24)14-17-6-5-16(9-20(17)28)18-12-32-33(3)13-18/h4-6,9-13,15H,1,7-8,14H2,2-3H3,(H,31,35). The first-order valence-corrected chi connectivity index (χ1v) is 13.0. The first-order chi connectivity index (χ1) is 18.0. The molecule has 0 saturated heterocycles. The summed E-state index contributed by atoms with van der Waals surface area (Å²) in [6.45, 7) is 2.99. The lowest BCUT2D eigenvalue weighted by atomic mass is 10.1. The lowest BCUT2D eigenvalue weighted by molar-refractivity contribution is -0.114. The van der Waals surface area contributed by atoms with Crippen LogP contribution in [0.3, 0.4) is 0 Å². The Hall–Kier alpha value is -4.19. The van der Waals surface area contributed by atoms with E-state index in [1.165, 1.54) is 29.8 Å². The zero-order valence-corrected chi connectivity index (χ0v) is 21.4. The second-order valence-corrected chi connectivity index (χ2v) is 10.6. The molecule has 1 N–H and O–H groups in total. The third-order valence-electron chi connectivity index (χ3n) is 5.95. The van der Waals surface area contributed by atoms with Crippen molar-refractivity contribution < 1.29 is 26.4 Å². The molecule has 0 atom stereocenters. The molecule has 12 heteroatoms. The zero-order chi connectivity index (χ0) is 27.6. The maximum absolute atomic E-state index is 15.0. The molecule has 2 aromatic carbocycles. The maximum atomic E-state index is 15.0. The molecule has 8 nitrogen and oxygen atoms in total. The Labute approximate surface area is 217 Å². The first kappa shape index (κ1) is 26.9. The fraction of sp³-hybridized carbons (Fsp3) is 0.192. The summed E-state index contributed by atoms with van der Waals surface area (Å²) in [7, 11) is -1.02. The molecule has 0 bridgehead atoms. The van der Waals surface area contributed by atoms with E-state index in [9.17, 15) is 22.0 Å². The fourth-order valence-electron chi connectivity index (χ4n) is 4.07. The van der Waals surface area contributed by atoms with E-state index in [4.69, 9.17) is 0 Å². The van der Waals surface area contributed by atoms with Crippen LogP contribution in [0.25, 0.3) is 22.0 Å². The van der Waals surface area contributed by atoms with Crippen molar-refractivity contribution >= 4 is 32.4 Å². The Morgan fingerprint density at radius 2 is 1.89 bits per heavy atom. The average Bonchev–Trinajstić information content (AvgIpc) is 3.45. The van der Waals surface area contributed by atoms with Crippen LogP contribution in [0.15, 0.2) is 71.5 Å². The molecule has 4 rings (SSSR count). The number of carbonyl (C=O) groups excluding carboxylic acids is 1. The second-order valence-electron chi connectivity index (χ2n) is 8.50. The number of amides is 1. The quantitative estimate of drug-likeness (QED) is 0.326. The van der Waals surface area contributed by atoms with Crippen LogP contribution in [0, 0.1) is 17.5 Å². The number of hydrogen-bond acceptors (Lipinski definition) is 5. The fourth-order valence-corrected chi connectivity index (χ4v) is 5.46. The minimum absolute atomic E-state index is 0.0251. The van der Waals surface area contributed by atoms with Crippen LogP contribution in [0.5, 0.6) is 0 Å². The number of benzene rings is 2. The molecular formula is C26H24F3N5O3S. The number of aryl methyl sites for hydroxylation is 1. The van der Waals surface area contributed by atoms with E-state index in [1.54, 1.807) is 30.2 Å². The first-order valence-electron chi connectivity index (χ1n) is 11.4. The van der Waals surface area contributed by atoms with E-state index in [-0.39, 0.29) is 40.2 Å². The zero-order valence-electron chi connectivity index (χ0n) is 20.6. The number of aromatic nitrogens is 3. The van der Waals surface area contributed by atoms with Gasteiger partial charge in [0.25, 0.3) is 5.91 Å². The summed E-state index contributed by atoms with van der Waals surface area (Å²) in [4.78, 5) is 15.4. The van der Waals surface area contributed by atoms with Crippen LogP contribution in [0.2, 0.25) is 0 Å². The van der Waals surface area contributed by atoms with E-state index in [0.29, 0.717) is 17.2 Å². The molecule has 0 unspecified atom stereocenters. The van der Waals surface area contributed by atoms with Gasteiger partial charge in [0, 0.05) is 50.2 Å². The van der Waals surface area contributed by atoms with E-state index >= 15 is 4.39 Å². The topological polar surface area (TPSA) is 98.3 Å². The van der Waals surface area contributed by atoms with Crippen LogP contribution in [0.1, 0.15) is 5.56 Å². The van der Waals surface area contributed by atoms with E-state index < -0.39 is 38.9 Å². The van der Waals surface area contributed by atoms with Gasteiger partial charge in [0.05, 0.1) is 34.3 Å². The average molecular weight is 544 g/mol. The summed E-state index contributed by atoms with van der Waals surface area (Å²) in [6, 6.07) is 6.10. The number of nitrogens with one attached hydrogen (secondary N) is 1. The second kappa shape index (κ2) is 10.7.